The highest BCUT2D eigenvalue weighted by Crippen LogP contribution is 2.30. The molecule has 0 bridgehead atoms. The number of aryl methyl sites for hydroxylation is 1. The lowest BCUT2D eigenvalue weighted by atomic mass is 10.2. The van der Waals surface area contributed by atoms with E-state index in [-0.39, 0.29) is 37.3 Å². The average molecular weight is 530 g/mol. The zero-order chi connectivity index (χ0) is 27.1. The maximum Gasteiger partial charge on any atom is 0.416 e. The molecule has 1 aliphatic rings. The van der Waals surface area contributed by atoms with Crippen molar-refractivity contribution in [1.29, 1.82) is 0 Å². The molecule has 0 saturated carbocycles. The van der Waals surface area contributed by atoms with Crippen molar-refractivity contribution >= 4 is 17.6 Å². The summed E-state index contributed by atoms with van der Waals surface area (Å²) in [5.41, 5.74) is 0.301. The van der Waals surface area contributed by atoms with Gasteiger partial charge in [-0.2, -0.15) is 13.2 Å². The lowest BCUT2D eigenvalue weighted by molar-refractivity contribution is -0.137. The number of alkyl halides is 3. The molecular weight excluding hydrogens is 499 g/mol. The number of furan rings is 1. The Morgan fingerprint density at radius 2 is 1.71 bits per heavy atom. The predicted molar refractivity (Wildman–Crippen MR) is 135 cm³/mol. The van der Waals surface area contributed by atoms with Crippen LogP contribution in [0, 0.1) is 6.92 Å². The van der Waals surface area contributed by atoms with Crippen molar-refractivity contribution in [3.63, 3.8) is 0 Å². The third kappa shape index (κ3) is 7.61. The third-order valence-electron chi connectivity index (χ3n) is 6.24. The van der Waals surface area contributed by atoms with E-state index in [0.29, 0.717) is 18.9 Å². The van der Waals surface area contributed by atoms with Crippen LogP contribution in [-0.2, 0) is 28.8 Å². The maximum atomic E-state index is 13.6. The van der Waals surface area contributed by atoms with Crippen molar-refractivity contribution in [3.8, 4) is 0 Å². The number of amides is 3. The zero-order valence-corrected chi connectivity index (χ0v) is 21.0. The molecule has 2 heterocycles. The SMILES string of the molecule is Cc1ccc(CN(Cc2ccccc2)C(=O)CN(CC2CCCO2)C(=O)Nc2ccc(C(F)(F)F)cc2)o1. The fraction of sp³-hybridized carbons (Fsp3) is 0.357. The largest absolute Gasteiger partial charge is 0.464 e. The highest BCUT2D eigenvalue weighted by Gasteiger charge is 2.30. The van der Waals surface area contributed by atoms with E-state index in [1.54, 1.807) is 4.90 Å². The molecule has 2 aromatic carbocycles. The quantitative estimate of drug-likeness (QED) is 0.378. The molecule has 38 heavy (non-hydrogen) atoms. The van der Waals surface area contributed by atoms with E-state index in [2.05, 4.69) is 5.32 Å². The summed E-state index contributed by atoms with van der Waals surface area (Å²) in [5, 5.41) is 2.62. The number of carbonyl (C=O) groups is 2. The number of hydrogen-bond acceptors (Lipinski definition) is 4. The molecule has 0 radical (unpaired) electrons. The number of nitrogens with one attached hydrogen (secondary N) is 1. The van der Waals surface area contributed by atoms with Crippen LogP contribution in [0.2, 0.25) is 0 Å². The van der Waals surface area contributed by atoms with E-state index in [4.69, 9.17) is 9.15 Å². The molecule has 1 aliphatic heterocycles. The molecule has 0 aliphatic carbocycles. The highest BCUT2D eigenvalue weighted by molar-refractivity contribution is 5.92. The monoisotopic (exact) mass is 529 g/mol. The van der Waals surface area contributed by atoms with Crippen LogP contribution in [0.25, 0.3) is 0 Å². The van der Waals surface area contributed by atoms with Crippen molar-refractivity contribution in [2.45, 2.75) is 45.1 Å². The molecule has 1 unspecified atom stereocenters. The van der Waals surface area contributed by atoms with Crippen molar-refractivity contribution < 1.29 is 31.9 Å². The normalized spacial score (nSPS) is 15.3. The van der Waals surface area contributed by atoms with Crippen LogP contribution < -0.4 is 5.32 Å². The standard InChI is InChI=1S/C28H30F3N3O4/c1-20-9-14-25(38-20)18-33(16-21-6-3-2-4-7-21)26(35)19-34(17-24-8-5-15-37-24)27(36)32-23-12-10-22(11-13-23)28(29,30)31/h2-4,6-7,9-14,24H,5,8,15-19H2,1H3,(H,32,36). The van der Waals surface area contributed by atoms with E-state index < -0.39 is 17.8 Å². The fourth-order valence-corrected chi connectivity index (χ4v) is 4.26. The summed E-state index contributed by atoms with van der Waals surface area (Å²) in [7, 11) is 0. The van der Waals surface area contributed by atoms with Gasteiger partial charge in [-0.1, -0.05) is 30.3 Å². The van der Waals surface area contributed by atoms with Gasteiger partial charge in [-0.25, -0.2) is 4.79 Å². The first-order chi connectivity index (χ1) is 18.2. The molecule has 1 aromatic heterocycles. The fourth-order valence-electron chi connectivity index (χ4n) is 4.26. The van der Waals surface area contributed by atoms with Gasteiger partial charge in [0.2, 0.25) is 5.91 Å². The Balaban J connectivity index is 1.50. The molecule has 3 aromatic rings. The second-order valence-corrected chi connectivity index (χ2v) is 9.27. The number of benzene rings is 2. The molecule has 202 valence electrons. The first-order valence-corrected chi connectivity index (χ1v) is 12.4. The smallest absolute Gasteiger partial charge is 0.416 e. The number of anilines is 1. The van der Waals surface area contributed by atoms with Gasteiger partial charge >= 0.3 is 12.2 Å². The van der Waals surface area contributed by atoms with E-state index in [1.807, 2.05) is 49.4 Å². The Hall–Kier alpha value is -3.79. The molecule has 0 spiro atoms. The Morgan fingerprint density at radius 3 is 2.32 bits per heavy atom. The first-order valence-electron chi connectivity index (χ1n) is 12.4. The minimum Gasteiger partial charge on any atom is -0.464 e. The summed E-state index contributed by atoms with van der Waals surface area (Å²) in [5.74, 6) is 1.04. The molecule has 1 N–H and O–H groups in total. The van der Waals surface area contributed by atoms with Crippen LogP contribution in [0.5, 0.6) is 0 Å². The number of urea groups is 1. The van der Waals surface area contributed by atoms with Gasteiger partial charge in [0.05, 0.1) is 18.2 Å². The summed E-state index contributed by atoms with van der Waals surface area (Å²) in [4.78, 5) is 29.7. The minimum absolute atomic E-state index is 0.178. The number of rotatable bonds is 9. The molecule has 1 fully saturated rings. The molecule has 1 saturated heterocycles. The minimum atomic E-state index is -4.48. The van der Waals surface area contributed by atoms with Crippen LogP contribution >= 0.6 is 0 Å². The van der Waals surface area contributed by atoms with Crippen LogP contribution in [0.15, 0.2) is 71.1 Å². The lowest BCUT2D eigenvalue weighted by Gasteiger charge is -2.29. The second-order valence-electron chi connectivity index (χ2n) is 9.27. The predicted octanol–water partition coefficient (Wildman–Crippen LogP) is 5.85. The van der Waals surface area contributed by atoms with Gasteiger partial charge in [-0.05, 0) is 61.7 Å². The van der Waals surface area contributed by atoms with Crippen molar-refractivity contribution in [3.05, 3.63) is 89.4 Å². The van der Waals surface area contributed by atoms with Crippen molar-refractivity contribution in [2.75, 3.05) is 25.0 Å². The number of carbonyl (C=O) groups excluding carboxylic acids is 2. The summed E-state index contributed by atoms with van der Waals surface area (Å²) in [6.45, 7) is 2.87. The van der Waals surface area contributed by atoms with E-state index in [9.17, 15) is 22.8 Å². The topological polar surface area (TPSA) is 75.0 Å². The first kappa shape index (κ1) is 27.3. The van der Waals surface area contributed by atoms with E-state index in [0.717, 1.165) is 36.3 Å². The van der Waals surface area contributed by atoms with E-state index >= 15 is 0 Å². The van der Waals surface area contributed by atoms with Gasteiger partial charge in [0.15, 0.2) is 0 Å². The number of hydrogen-bond donors (Lipinski definition) is 1. The molecule has 4 rings (SSSR count). The Morgan fingerprint density at radius 1 is 0.974 bits per heavy atom. The molecular formula is C28H30F3N3O4. The van der Waals surface area contributed by atoms with Crippen molar-refractivity contribution in [1.82, 2.24) is 9.80 Å². The Bertz CT molecular complexity index is 1210. The third-order valence-corrected chi connectivity index (χ3v) is 6.24. The average Bonchev–Trinajstić information content (AvgIpc) is 3.55. The summed E-state index contributed by atoms with van der Waals surface area (Å²) in [6, 6.07) is 16.7. The van der Waals surface area contributed by atoms with Gasteiger partial charge in [0.25, 0.3) is 0 Å². The van der Waals surface area contributed by atoms with Crippen molar-refractivity contribution in [2.24, 2.45) is 0 Å². The van der Waals surface area contributed by atoms with Crippen LogP contribution in [0.4, 0.5) is 23.7 Å². The number of nitrogens with zero attached hydrogens (tertiary/aromatic N) is 2. The van der Waals surface area contributed by atoms with E-state index in [1.165, 1.54) is 17.0 Å². The van der Waals surface area contributed by atoms with Crippen LogP contribution in [0.3, 0.4) is 0 Å². The number of ether oxygens (including phenoxy) is 1. The molecule has 1 atom stereocenters. The Labute approximate surface area is 219 Å². The summed E-state index contributed by atoms with van der Waals surface area (Å²) < 4.78 is 50.1. The maximum absolute atomic E-state index is 13.6. The van der Waals surface area contributed by atoms with Crippen LogP contribution in [0.1, 0.15) is 35.5 Å². The Kier molecular flexibility index (Phi) is 8.73. The second kappa shape index (κ2) is 12.2. The van der Waals surface area contributed by atoms with Gasteiger partial charge in [-0.3, -0.25) is 4.79 Å². The van der Waals surface area contributed by atoms with Gasteiger partial charge in [-0.15, -0.1) is 0 Å². The lowest BCUT2D eigenvalue weighted by Crippen LogP contribution is -2.46. The molecule has 3 amide bonds. The summed E-state index contributed by atoms with van der Waals surface area (Å²) >= 11 is 0. The molecule has 10 heteroatoms. The molecule has 7 nitrogen and oxygen atoms in total. The van der Waals surface area contributed by atoms with Gasteiger partial charge in [0.1, 0.15) is 18.1 Å². The highest BCUT2D eigenvalue weighted by atomic mass is 19.4. The van der Waals surface area contributed by atoms with Gasteiger partial charge < -0.3 is 24.3 Å². The zero-order valence-electron chi connectivity index (χ0n) is 21.0. The summed E-state index contributed by atoms with van der Waals surface area (Å²) in [6.07, 6.45) is -3.10. The number of halogens is 3. The van der Waals surface area contributed by atoms with Crippen LogP contribution in [-0.4, -0.2) is 47.5 Å². The van der Waals surface area contributed by atoms with Gasteiger partial charge in [0, 0.05) is 25.4 Å².